The molecule has 4 rings (SSSR count). The predicted molar refractivity (Wildman–Crippen MR) is 102 cm³/mol. The molecule has 2 aliphatic heterocycles. The van der Waals surface area contributed by atoms with Crippen molar-refractivity contribution in [3.05, 3.63) is 41.7 Å². The number of para-hydroxylation sites is 1. The lowest BCUT2D eigenvalue weighted by Crippen LogP contribution is -2.50. The summed E-state index contributed by atoms with van der Waals surface area (Å²) in [7, 11) is -3.48. The molecule has 27 heavy (non-hydrogen) atoms. The van der Waals surface area contributed by atoms with Crippen LogP contribution in [0.4, 0.5) is 0 Å². The molecular weight excluding hydrogens is 364 g/mol. The van der Waals surface area contributed by atoms with Gasteiger partial charge in [-0.2, -0.15) is 9.40 Å². The minimum Gasteiger partial charge on any atom is -0.488 e. The highest BCUT2D eigenvalue weighted by Gasteiger charge is 2.32. The average Bonchev–Trinajstić information content (AvgIpc) is 3.25. The minimum absolute atomic E-state index is 0.149. The van der Waals surface area contributed by atoms with Crippen LogP contribution in [0.2, 0.25) is 0 Å². The third-order valence-corrected chi connectivity index (χ3v) is 7.35. The van der Waals surface area contributed by atoms with Crippen molar-refractivity contribution in [1.29, 1.82) is 0 Å². The second-order valence-corrected chi connectivity index (χ2v) is 9.10. The molecule has 1 aromatic heterocycles. The van der Waals surface area contributed by atoms with Gasteiger partial charge in [0.05, 0.1) is 5.69 Å². The molecule has 0 spiro atoms. The van der Waals surface area contributed by atoms with Crippen LogP contribution in [0.25, 0.3) is 0 Å². The number of sulfonamides is 1. The fraction of sp³-hybridized carbons (Fsp3) is 0.526. The van der Waals surface area contributed by atoms with E-state index in [0.29, 0.717) is 30.2 Å². The van der Waals surface area contributed by atoms with Crippen molar-refractivity contribution >= 4 is 10.0 Å². The van der Waals surface area contributed by atoms with Gasteiger partial charge in [-0.1, -0.05) is 18.2 Å². The maximum Gasteiger partial charge on any atom is 0.246 e. The zero-order valence-corrected chi connectivity index (χ0v) is 16.7. The van der Waals surface area contributed by atoms with E-state index in [1.54, 1.807) is 22.1 Å². The molecule has 2 aromatic rings. The molecule has 0 unspecified atom stereocenters. The quantitative estimate of drug-likeness (QED) is 0.774. The molecule has 1 aromatic carbocycles. The first-order chi connectivity index (χ1) is 13.0. The van der Waals surface area contributed by atoms with Gasteiger partial charge in [0.25, 0.3) is 0 Å². The van der Waals surface area contributed by atoms with Crippen LogP contribution in [-0.2, 0) is 23.0 Å². The molecule has 1 atom stereocenters. The smallest absolute Gasteiger partial charge is 0.246 e. The monoisotopic (exact) mass is 390 g/mol. The largest absolute Gasteiger partial charge is 0.488 e. The molecule has 0 bridgehead atoms. The molecule has 0 aliphatic carbocycles. The summed E-state index contributed by atoms with van der Waals surface area (Å²) in [6, 6.07) is 8.15. The van der Waals surface area contributed by atoms with Gasteiger partial charge in [0.15, 0.2) is 0 Å². The van der Waals surface area contributed by atoms with E-state index in [9.17, 15) is 8.42 Å². The summed E-state index contributed by atoms with van der Waals surface area (Å²) in [5, 5.41) is 4.28. The number of nitrogens with zero attached hydrogens (tertiary/aromatic N) is 4. The Hall–Kier alpha value is -1.90. The van der Waals surface area contributed by atoms with E-state index in [-0.39, 0.29) is 6.10 Å². The first-order valence-corrected chi connectivity index (χ1v) is 10.9. The Bertz CT molecular complexity index is 892. The summed E-state index contributed by atoms with van der Waals surface area (Å²) in [5.41, 5.74) is 1.82. The van der Waals surface area contributed by atoms with Crippen molar-refractivity contribution in [2.24, 2.45) is 0 Å². The molecule has 7 nitrogen and oxygen atoms in total. The number of aromatic nitrogens is 2. The Balaban J connectivity index is 1.36. The van der Waals surface area contributed by atoms with Gasteiger partial charge >= 0.3 is 0 Å². The van der Waals surface area contributed by atoms with Crippen LogP contribution in [0.1, 0.15) is 18.2 Å². The number of hydrogen-bond acceptors (Lipinski definition) is 5. The van der Waals surface area contributed by atoms with Crippen molar-refractivity contribution in [2.45, 2.75) is 37.8 Å². The van der Waals surface area contributed by atoms with Crippen LogP contribution in [0.5, 0.6) is 5.75 Å². The van der Waals surface area contributed by atoms with Gasteiger partial charge in [-0.15, -0.1) is 0 Å². The second-order valence-electron chi connectivity index (χ2n) is 7.19. The van der Waals surface area contributed by atoms with Gasteiger partial charge < -0.3 is 4.74 Å². The van der Waals surface area contributed by atoms with Crippen molar-refractivity contribution in [3.63, 3.8) is 0 Å². The highest BCUT2D eigenvalue weighted by atomic mass is 32.2. The highest BCUT2D eigenvalue weighted by molar-refractivity contribution is 7.89. The maximum atomic E-state index is 13.0. The summed E-state index contributed by atoms with van der Waals surface area (Å²) >= 11 is 0. The summed E-state index contributed by atoms with van der Waals surface area (Å²) < 4.78 is 35.2. The van der Waals surface area contributed by atoms with Crippen molar-refractivity contribution in [2.75, 3.05) is 32.7 Å². The van der Waals surface area contributed by atoms with Crippen molar-refractivity contribution in [1.82, 2.24) is 19.0 Å². The maximum absolute atomic E-state index is 13.0. The summed E-state index contributed by atoms with van der Waals surface area (Å²) in [5.74, 6) is 0.979. The first-order valence-electron chi connectivity index (χ1n) is 9.48. The summed E-state index contributed by atoms with van der Waals surface area (Å²) in [6.45, 7) is 7.63. The average molecular weight is 391 g/mol. The van der Waals surface area contributed by atoms with Crippen molar-refractivity contribution < 1.29 is 13.2 Å². The minimum atomic E-state index is -3.48. The lowest BCUT2D eigenvalue weighted by molar-refractivity contribution is 0.120. The third kappa shape index (κ3) is 3.61. The Morgan fingerprint density at radius 2 is 1.93 bits per heavy atom. The lowest BCUT2D eigenvalue weighted by Gasteiger charge is -2.34. The molecule has 2 aliphatic rings. The van der Waals surface area contributed by atoms with E-state index >= 15 is 0 Å². The van der Waals surface area contributed by atoms with Gasteiger partial charge in [0.2, 0.25) is 10.0 Å². The van der Waals surface area contributed by atoms with E-state index < -0.39 is 10.0 Å². The zero-order chi connectivity index (χ0) is 19.0. The van der Waals surface area contributed by atoms with Gasteiger partial charge in [-0.3, -0.25) is 9.58 Å². The van der Waals surface area contributed by atoms with E-state index in [4.69, 9.17) is 4.74 Å². The molecule has 0 N–H and O–H groups in total. The fourth-order valence-corrected chi connectivity index (χ4v) is 5.44. The first kappa shape index (κ1) is 18.5. The lowest BCUT2D eigenvalue weighted by atomic mass is 10.1. The van der Waals surface area contributed by atoms with E-state index in [1.165, 1.54) is 5.56 Å². The molecule has 0 radical (unpaired) electrons. The standard InChI is InChI=1S/C19H26N4O3S/c1-3-22-14-19(15(2)20-22)27(24,25)23-10-8-21(9-11-23)13-17-12-16-6-4-5-7-18(16)26-17/h4-7,14,17H,3,8-13H2,1-2H3/t17-/m0/s1. The van der Waals surface area contributed by atoms with Crippen molar-refractivity contribution in [3.8, 4) is 5.75 Å². The predicted octanol–water partition coefficient (Wildman–Crippen LogP) is 1.52. The topological polar surface area (TPSA) is 67.7 Å². The van der Waals surface area contributed by atoms with Crippen LogP contribution >= 0.6 is 0 Å². The molecule has 1 saturated heterocycles. The highest BCUT2D eigenvalue weighted by Crippen LogP contribution is 2.29. The van der Waals surface area contributed by atoms with Gasteiger partial charge in [-0.05, 0) is 25.5 Å². The van der Waals surface area contributed by atoms with Gasteiger partial charge in [-0.25, -0.2) is 8.42 Å². The number of fused-ring (bicyclic) bond motifs is 1. The normalized spacial score (nSPS) is 21.2. The van der Waals surface area contributed by atoms with E-state index in [1.807, 2.05) is 25.1 Å². The van der Waals surface area contributed by atoms with Gasteiger partial charge in [0, 0.05) is 51.9 Å². The number of piperazine rings is 1. The van der Waals surface area contributed by atoms with E-state index in [0.717, 1.165) is 31.8 Å². The van der Waals surface area contributed by atoms with Gasteiger partial charge in [0.1, 0.15) is 16.7 Å². The van der Waals surface area contributed by atoms with Crippen LogP contribution in [0, 0.1) is 6.92 Å². The Labute approximate surface area is 160 Å². The number of benzene rings is 1. The van der Waals surface area contributed by atoms with E-state index in [2.05, 4.69) is 16.1 Å². The Kier molecular flexibility index (Phi) is 4.96. The summed E-state index contributed by atoms with van der Waals surface area (Å²) in [4.78, 5) is 2.62. The van der Waals surface area contributed by atoms with Crippen LogP contribution in [0.3, 0.4) is 0 Å². The third-order valence-electron chi connectivity index (χ3n) is 5.35. The second kappa shape index (κ2) is 7.26. The molecule has 1 fully saturated rings. The van der Waals surface area contributed by atoms with Crippen LogP contribution in [-0.4, -0.2) is 66.2 Å². The SMILES string of the molecule is CCn1cc(S(=O)(=O)N2CCN(C[C@@H]3Cc4ccccc4O3)CC2)c(C)n1. The molecule has 3 heterocycles. The molecule has 0 amide bonds. The van der Waals surface area contributed by atoms with Crippen LogP contribution < -0.4 is 4.74 Å². The number of aryl methyl sites for hydroxylation is 2. The molecule has 146 valence electrons. The molecule has 0 saturated carbocycles. The zero-order valence-electron chi connectivity index (χ0n) is 15.8. The molecular formula is C19H26N4O3S. The van der Waals surface area contributed by atoms with Crippen LogP contribution in [0.15, 0.2) is 35.4 Å². The Morgan fingerprint density at radius 3 is 2.59 bits per heavy atom. The summed E-state index contributed by atoms with van der Waals surface area (Å²) in [6.07, 6.45) is 2.71. The number of rotatable bonds is 5. The molecule has 8 heteroatoms. The number of ether oxygens (including phenoxy) is 1. The Morgan fingerprint density at radius 1 is 1.19 bits per heavy atom. The number of hydrogen-bond donors (Lipinski definition) is 0. The fourth-order valence-electron chi connectivity index (χ4n) is 3.85.